The van der Waals surface area contributed by atoms with Crippen LogP contribution in [0.5, 0.6) is 0 Å². The summed E-state index contributed by atoms with van der Waals surface area (Å²) in [5.41, 5.74) is 3.54. The third-order valence-electron chi connectivity index (χ3n) is 2.96. The summed E-state index contributed by atoms with van der Waals surface area (Å²) < 4.78 is 2.36. The number of rotatable bonds is 3. The fraction of sp³-hybridized carbons (Fsp3) is 0.0625. The van der Waals surface area contributed by atoms with Crippen LogP contribution in [0.25, 0.3) is 11.3 Å². The maximum atomic E-state index is 5.90. The van der Waals surface area contributed by atoms with Gasteiger partial charge in [-0.05, 0) is 0 Å². The second-order valence-corrected chi connectivity index (χ2v) is 7.77. The molecule has 100 valence electrons. The fourth-order valence-electron chi connectivity index (χ4n) is 1.92. The Labute approximate surface area is 137 Å². The van der Waals surface area contributed by atoms with E-state index < -0.39 is 0 Å². The molecule has 0 saturated carbocycles. The summed E-state index contributed by atoms with van der Waals surface area (Å²) in [6.45, 7) is 0. The van der Waals surface area contributed by atoms with Crippen molar-refractivity contribution in [2.45, 2.75) is 6.42 Å². The molecule has 1 nitrogen and oxygen atoms in total. The van der Waals surface area contributed by atoms with E-state index in [1.54, 1.807) is 0 Å². The van der Waals surface area contributed by atoms with Gasteiger partial charge in [0.15, 0.2) is 0 Å². The molecule has 0 aliphatic heterocycles. The molecule has 0 atom stereocenters. The summed E-state index contributed by atoms with van der Waals surface area (Å²) in [6.07, 6.45) is 0.910. The molecule has 2 aromatic carbocycles. The number of aromatic nitrogens is 1. The number of halogens is 2. The third-order valence-corrected chi connectivity index (χ3v) is 5.52. The molecule has 0 unspecified atom stereocenters. The Bertz CT molecular complexity index is 704. The topological polar surface area (TPSA) is 12.9 Å². The van der Waals surface area contributed by atoms with E-state index in [0.29, 0.717) is 14.5 Å². The van der Waals surface area contributed by atoms with E-state index in [1.807, 2.05) is 12.1 Å². The normalized spacial score (nSPS) is 10.7. The van der Waals surface area contributed by atoms with Crippen LogP contribution in [0.1, 0.15) is 10.1 Å². The van der Waals surface area contributed by atoms with Gasteiger partial charge in [-0.25, -0.2) is 0 Å². The molecule has 3 aromatic rings. The van der Waals surface area contributed by atoms with Gasteiger partial charge in [-0.3, -0.25) is 0 Å². The molecule has 0 radical (unpaired) electrons. The van der Waals surface area contributed by atoms with Crippen molar-refractivity contribution in [2.75, 3.05) is 0 Å². The maximum absolute atomic E-state index is 5.90. The molecule has 0 N–H and O–H groups in total. The van der Waals surface area contributed by atoms with E-state index in [-0.39, 0.29) is 0 Å². The Morgan fingerprint density at radius 3 is 2.40 bits per heavy atom. The first kappa shape index (κ1) is 14.1. The van der Waals surface area contributed by atoms with E-state index in [0.717, 1.165) is 21.6 Å². The SMILES string of the molecule is Clc1ccc(Cc2nc(-c3ccc(Br)cc3)c[se]2)cc1. The van der Waals surface area contributed by atoms with Crippen LogP contribution < -0.4 is 0 Å². The van der Waals surface area contributed by atoms with Gasteiger partial charge in [-0.15, -0.1) is 0 Å². The van der Waals surface area contributed by atoms with Crippen molar-refractivity contribution in [3.63, 3.8) is 0 Å². The average molecular weight is 412 g/mol. The van der Waals surface area contributed by atoms with Gasteiger partial charge in [0.25, 0.3) is 0 Å². The van der Waals surface area contributed by atoms with Crippen molar-refractivity contribution >= 4 is 42.0 Å². The second kappa shape index (κ2) is 6.28. The Hall–Kier alpha value is -0.861. The van der Waals surface area contributed by atoms with E-state index in [4.69, 9.17) is 16.6 Å². The van der Waals surface area contributed by atoms with Crippen LogP contribution in [-0.2, 0) is 6.42 Å². The van der Waals surface area contributed by atoms with Gasteiger partial charge in [-0.2, -0.15) is 0 Å². The van der Waals surface area contributed by atoms with Crippen LogP contribution in [0.4, 0.5) is 0 Å². The molecule has 1 heterocycles. The molecule has 3 rings (SSSR count). The standard InChI is InChI=1S/C16H11BrClNSe/c17-13-5-3-12(4-6-13)15-10-20-16(19-15)9-11-1-7-14(18)8-2-11/h1-8,10H,9H2. The molecule has 0 fully saturated rings. The van der Waals surface area contributed by atoms with Crippen molar-refractivity contribution in [1.82, 2.24) is 4.98 Å². The van der Waals surface area contributed by atoms with E-state index in [1.165, 1.54) is 15.7 Å². The van der Waals surface area contributed by atoms with Gasteiger partial charge in [0.05, 0.1) is 0 Å². The number of benzene rings is 2. The predicted octanol–water partition coefficient (Wildman–Crippen LogP) is 4.81. The minimum atomic E-state index is 0.349. The first-order chi connectivity index (χ1) is 9.70. The molecule has 0 aliphatic rings. The molecule has 0 aliphatic carbocycles. The van der Waals surface area contributed by atoms with Crippen LogP contribution in [0, 0.1) is 0 Å². The fourth-order valence-corrected chi connectivity index (χ4v) is 4.07. The Kier molecular flexibility index (Phi) is 4.42. The molecule has 20 heavy (non-hydrogen) atoms. The van der Waals surface area contributed by atoms with E-state index >= 15 is 0 Å². The zero-order valence-electron chi connectivity index (χ0n) is 10.5. The van der Waals surface area contributed by atoms with Crippen LogP contribution in [-0.4, -0.2) is 19.5 Å². The number of nitrogens with zero attached hydrogens (tertiary/aromatic N) is 1. The van der Waals surface area contributed by atoms with Gasteiger partial charge in [-0.1, -0.05) is 0 Å². The van der Waals surface area contributed by atoms with Crippen molar-refractivity contribution in [2.24, 2.45) is 0 Å². The van der Waals surface area contributed by atoms with Gasteiger partial charge < -0.3 is 0 Å². The number of hydrogen-bond donors (Lipinski definition) is 0. The number of hydrogen-bond acceptors (Lipinski definition) is 1. The van der Waals surface area contributed by atoms with Crippen molar-refractivity contribution in [3.8, 4) is 11.3 Å². The van der Waals surface area contributed by atoms with Crippen molar-refractivity contribution in [3.05, 3.63) is 73.1 Å². The Morgan fingerprint density at radius 2 is 1.70 bits per heavy atom. The summed E-state index contributed by atoms with van der Waals surface area (Å²) in [7, 11) is 0. The Morgan fingerprint density at radius 1 is 1.00 bits per heavy atom. The van der Waals surface area contributed by atoms with Gasteiger partial charge in [0.2, 0.25) is 0 Å². The average Bonchev–Trinajstić information content (AvgIpc) is 2.91. The van der Waals surface area contributed by atoms with Gasteiger partial charge >= 0.3 is 138 Å². The molecule has 1 aromatic heterocycles. The van der Waals surface area contributed by atoms with Crippen molar-refractivity contribution in [1.29, 1.82) is 0 Å². The summed E-state index contributed by atoms with van der Waals surface area (Å²) >= 11 is 9.71. The summed E-state index contributed by atoms with van der Waals surface area (Å²) in [6, 6.07) is 16.3. The summed E-state index contributed by atoms with van der Waals surface area (Å²) in [5.74, 6) is 0. The van der Waals surface area contributed by atoms with Gasteiger partial charge in [0.1, 0.15) is 0 Å². The monoisotopic (exact) mass is 411 g/mol. The van der Waals surface area contributed by atoms with Crippen LogP contribution in [0.15, 0.2) is 57.9 Å². The predicted molar refractivity (Wildman–Crippen MR) is 88.6 cm³/mol. The van der Waals surface area contributed by atoms with Crippen LogP contribution in [0.2, 0.25) is 5.02 Å². The molecule has 0 bridgehead atoms. The molecular formula is C16H11BrClNSe. The quantitative estimate of drug-likeness (QED) is 0.564. The molecular weight excluding hydrogens is 401 g/mol. The van der Waals surface area contributed by atoms with Crippen LogP contribution >= 0.6 is 27.5 Å². The zero-order chi connectivity index (χ0) is 13.9. The first-order valence-corrected chi connectivity index (χ1v) is 9.17. The van der Waals surface area contributed by atoms with Crippen LogP contribution in [0.3, 0.4) is 0 Å². The summed E-state index contributed by atoms with van der Waals surface area (Å²) in [5, 5.41) is 0.779. The second-order valence-electron chi connectivity index (χ2n) is 4.44. The van der Waals surface area contributed by atoms with Crippen molar-refractivity contribution < 1.29 is 0 Å². The molecule has 0 spiro atoms. The third kappa shape index (κ3) is 3.42. The first-order valence-electron chi connectivity index (χ1n) is 6.15. The van der Waals surface area contributed by atoms with E-state index in [2.05, 4.69) is 57.3 Å². The molecule has 4 heteroatoms. The van der Waals surface area contributed by atoms with Gasteiger partial charge in [0, 0.05) is 0 Å². The van der Waals surface area contributed by atoms with E-state index in [9.17, 15) is 0 Å². The molecule has 0 amide bonds. The minimum absolute atomic E-state index is 0.349. The summed E-state index contributed by atoms with van der Waals surface area (Å²) in [4.78, 5) is 7.01. The molecule has 0 saturated heterocycles. The zero-order valence-corrected chi connectivity index (χ0v) is 14.6. The Balaban J connectivity index is 1.80.